The average Bonchev–Trinajstić information content (AvgIpc) is 3.44. The van der Waals surface area contributed by atoms with Gasteiger partial charge in [0.1, 0.15) is 5.01 Å². The van der Waals surface area contributed by atoms with Crippen molar-refractivity contribution in [3.63, 3.8) is 0 Å². The number of amides is 1. The fourth-order valence-electron chi connectivity index (χ4n) is 3.62. The highest BCUT2D eigenvalue weighted by Gasteiger charge is 2.19. The molecule has 0 atom stereocenters. The number of hydrogen-bond acceptors (Lipinski definition) is 9. The maximum Gasteiger partial charge on any atom is 0.257 e. The Morgan fingerprint density at radius 1 is 1.00 bits per heavy atom. The van der Waals surface area contributed by atoms with E-state index in [4.69, 9.17) is 26.4 Å². The third-order valence-corrected chi connectivity index (χ3v) is 6.42. The third-order valence-electron chi connectivity index (χ3n) is 5.27. The highest BCUT2D eigenvalue weighted by molar-refractivity contribution is 7.80. The highest BCUT2D eigenvalue weighted by Crippen LogP contribution is 2.39. The molecule has 4 rings (SSSR count). The molecule has 0 fully saturated rings. The summed E-state index contributed by atoms with van der Waals surface area (Å²) in [4.78, 5) is 13.8. The molecule has 1 amide bonds. The Labute approximate surface area is 224 Å². The van der Waals surface area contributed by atoms with Crippen molar-refractivity contribution < 1.29 is 19.0 Å². The number of carbonyl (C=O) groups excluding carboxylic acids is 1. The van der Waals surface area contributed by atoms with Gasteiger partial charge in [0.25, 0.3) is 5.91 Å². The van der Waals surface area contributed by atoms with E-state index in [1.54, 1.807) is 16.6 Å². The van der Waals surface area contributed by atoms with Gasteiger partial charge in [0.15, 0.2) is 22.4 Å². The van der Waals surface area contributed by atoms with E-state index in [0.717, 1.165) is 32.6 Å². The lowest BCUT2D eigenvalue weighted by atomic mass is 10.1. The number of ether oxygens (including phenoxy) is 3. The van der Waals surface area contributed by atoms with Gasteiger partial charge in [0.2, 0.25) is 10.7 Å². The molecular formula is C25H28N6O4S2. The van der Waals surface area contributed by atoms with Crippen molar-refractivity contribution in [2.45, 2.75) is 34.6 Å². The van der Waals surface area contributed by atoms with Crippen molar-refractivity contribution in [1.29, 1.82) is 0 Å². The topological polar surface area (TPSA) is 112 Å². The molecule has 0 radical (unpaired) electrons. The number of rotatable bonds is 9. The molecular weight excluding hydrogens is 512 g/mol. The van der Waals surface area contributed by atoms with Crippen LogP contribution in [-0.4, -0.2) is 50.7 Å². The molecule has 0 saturated heterocycles. The molecule has 194 valence electrons. The summed E-state index contributed by atoms with van der Waals surface area (Å²) in [5, 5.41) is 19.6. The van der Waals surface area contributed by atoms with Crippen LogP contribution in [0, 0.1) is 13.8 Å². The van der Waals surface area contributed by atoms with Crippen LogP contribution in [0.15, 0.2) is 30.3 Å². The zero-order valence-electron chi connectivity index (χ0n) is 21.2. The summed E-state index contributed by atoms with van der Waals surface area (Å²) in [5.41, 5.74) is 3.00. The first-order chi connectivity index (χ1) is 17.8. The van der Waals surface area contributed by atoms with E-state index in [9.17, 15) is 4.79 Å². The van der Waals surface area contributed by atoms with Crippen molar-refractivity contribution in [3.05, 3.63) is 47.3 Å². The minimum absolute atomic E-state index is 0.167. The molecule has 4 aromatic rings. The third kappa shape index (κ3) is 5.81. The van der Waals surface area contributed by atoms with Crippen LogP contribution >= 0.6 is 23.6 Å². The Morgan fingerprint density at radius 2 is 1.68 bits per heavy atom. The van der Waals surface area contributed by atoms with Gasteiger partial charge in [0, 0.05) is 16.8 Å². The zero-order valence-corrected chi connectivity index (χ0v) is 22.9. The van der Waals surface area contributed by atoms with Crippen LogP contribution in [0.1, 0.15) is 42.5 Å². The number of nitrogens with one attached hydrogen (secondary N) is 2. The second-order valence-corrected chi connectivity index (χ2v) is 9.25. The van der Waals surface area contributed by atoms with Gasteiger partial charge in [-0.3, -0.25) is 10.1 Å². The number of nitrogens with zero attached hydrogens (tertiary/aromatic N) is 4. The first-order valence-corrected chi connectivity index (χ1v) is 13.1. The molecule has 2 aromatic heterocycles. The van der Waals surface area contributed by atoms with E-state index in [-0.39, 0.29) is 5.11 Å². The fourth-order valence-corrected chi connectivity index (χ4v) is 4.70. The van der Waals surface area contributed by atoms with Gasteiger partial charge in [-0.25, -0.2) is 0 Å². The van der Waals surface area contributed by atoms with Crippen LogP contribution in [0.4, 0.5) is 5.69 Å². The van der Waals surface area contributed by atoms with Gasteiger partial charge in [-0.2, -0.15) is 9.61 Å². The quantitative estimate of drug-likeness (QED) is 0.289. The molecule has 0 aliphatic carbocycles. The molecule has 0 aliphatic heterocycles. The maximum atomic E-state index is 13.0. The van der Waals surface area contributed by atoms with E-state index < -0.39 is 5.91 Å². The van der Waals surface area contributed by atoms with E-state index in [2.05, 4.69) is 25.9 Å². The molecule has 0 unspecified atom stereocenters. The Hall–Kier alpha value is -3.77. The Kier molecular flexibility index (Phi) is 8.19. The van der Waals surface area contributed by atoms with Crippen LogP contribution in [0.25, 0.3) is 15.5 Å². The summed E-state index contributed by atoms with van der Waals surface area (Å²) in [5.74, 6) is 1.69. The van der Waals surface area contributed by atoms with Crippen molar-refractivity contribution in [3.8, 4) is 27.8 Å². The molecule has 0 bridgehead atoms. The standard InChI is InChI=1S/C25H28N6O4S2/c1-6-33-19-12-17(13-20(34-7-2)21(19)35-8-3)22(32)27-24(36)26-18-10-9-16(11-14(18)4)23-30-31-15(5)28-29-25(31)37-23/h9-13H,6-8H2,1-5H3,(H2,26,27,32,36). The summed E-state index contributed by atoms with van der Waals surface area (Å²) < 4.78 is 18.8. The average molecular weight is 541 g/mol. The lowest BCUT2D eigenvalue weighted by molar-refractivity contribution is 0.0976. The minimum Gasteiger partial charge on any atom is -0.490 e. The van der Waals surface area contributed by atoms with Crippen LogP contribution in [0.2, 0.25) is 0 Å². The van der Waals surface area contributed by atoms with E-state index in [1.165, 1.54) is 11.3 Å². The Morgan fingerprint density at radius 3 is 2.27 bits per heavy atom. The smallest absolute Gasteiger partial charge is 0.257 e. The molecule has 37 heavy (non-hydrogen) atoms. The van der Waals surface area contributed by atoms with Gasteiger partial charge >= 0.3 is 0 Å². The summed E-state index contributed by atoms with van der Waals surface area (Å²) in [6, 6.07) is 9.09. The summed E-state index contributed by atoms with van der Waals surface area (Å²) >= 11 is 6.89. The second-order valence-electron chi connectivity index (χ2n) is 7.89. The van der Waals surface area contributed by atoms with Crippen molar-refractivity contribution in [2.24, 2.45) is 0 Å². The number of hydrogen-bond donors (Lipinski definition) is 2. The van der Waals surface area contributed by atoms with Crippen LogP contribution < -0.4 is 24.8 Å². The Balaban J connectivity index is 1.49. The van der Waals surface area contributed by atoms with Gasteiger partial charge in [-0.1, -0.05) is 11.3 Å². The van der Waals surface area contributed by atoms with E-state index in [0.29, 0.717) is 42.6 Å². The number of aromatic nitrogens is 4. The van der Waals surface area contributed by atoms with Gasteiger partial charge < -0.3 is 19.5 Å². The number of benzene rings is 2. The zero-order chi connectivity index (χ0) is 26.5. The lowest BCUT2D eigenvalue weighted by Crippen LogP contribution is -2.34. The minimum atomic E-state index is -0.396. The predicted molar refractivity (Wildman–Crippen MR) is 147 cm³/mol. The van der Waals surface area contributed by atoms with Gasteiger partial charge in [-0.05, 0) is 82.7 Å². The number of fused-ring (bicyclic) bond motifs is 1. The van der Waals surface area contributed by atoms with Crippen LogP contribution in [0.3, 0.4) is 0 Å². The second kappa shape index (κ2) is 11.5. The van der Waals surface area contributed by atoms with Crippen molar-refractivity contribution in [2.75, 3.05) is 25.1 Å². The summed E-state index contributed by atoms with van der Waals surface area (Å²) in [7, 11) is 0. The van der Waals surface area contributed by atoms with Crippen molar-refractivity contribution >= 4 is 45.2 Å². The van der Waals surface area contributed by atoms with Gasteiger partial charge in [-0.15, -0.1) is 10.2 Å². The SMILES string of the molecule is CCOc1cc(C(=O)NC(=S)Nc2ccc(-c3nn4c(C)nnc4s3)cc2C)cc(OCC)c1OCC. The molecule has 2 heterocycles. The van der Waals surface area contributed by atoms with Crippen LogP contribution in [-0.2, 0) is 0 Å². The largest absolute Gasteiger partial charge is 0.490 e. The molecule has 12 heteroatoms. The summed E-state index contributed by atoms with van der Waals surface area (Å²) in [6.07, 6.45) is 0. The Bertz CT molecular complexity index is 1420. The fraction of sp³-hybridized carbons (Fsp3) is 0.320. The first-order valence-electron chi connectivity index (χ1n) is 11.8. The molecule has 0 saturated carbocycles. The normalized spacial score (nSPS) is 10.8. The number of aryl methyl sites for hydroxylation is 2. The molecule has 0 spiro atoms. The van der Waals surface area contributed by atoms with Crippen LogP contribution in [0.5, 0.6) is 17.2 Å². The first kappa shape index (κ1) is 26.3. The number of carbonyl (C=O) groups is 1. The predicted octanol–water partition coefficient (Wildman–Crippen LogP) is 4.79. The maximum absolute atomic E-state index is 13.0. The molecule has 10 nitrogen and oxygen atoms in total. The van der Waals surface area contributed by atoms with Crippen molar-refractivity contribution in [1.82, 2.24) is 25.1 Å². The summed E-state index contributed by atoms with van der Waals surface area (Å²) in [6.45, 7) is 10.7. The lowest BCUT2D eigenvalue weighted by Gasteiger charge is -2.17. The molecule has 2 aromatic carbocycles. The number of anilines is 1. The van der Waals surface area contributed by atoms with Gasteiger partial charge in [0.05, 0.1) is 19.8 Å². The molecule has 2 N–H and O–H groups in total. The highest BCUT2D eigenvalue weighted by atomic mass is 32.1. The molecule has 0 aliphatic rings. The monoisotopic (exact) mass is 540 g/mol. The van der Waals surface area contributed by atoms with E-state index >= 15 is 0 Å². The number of thiocarbonyl (C=S) groups is 1. The van der Waals surface area contributed by atoms with E-state index in [1.807, 2.05) is 52.8 Å².